The van der Waals surface area contributed by atoms with Gasteiger partial charge in [-0.25, -0.2) is 4.79 Å². The molecule has 180 valence electrons. The summed E-state index contributed by atoms with van der Waals surface area (Å²) in [5, 5.41) is 17.0. The Kier molecular flexibility index (Phi) is 13.5. The minimum absolute atomic E-state index is 0.0270. The molecule has 0 rings (SSSR count). The molecule has 0 radical (unpaired) electrons. The first-order chi connectivity index (χ1) is 14.3. The van der Waals surface area contributed by atoms with E-state index in [9.17, 15) is 24.3 Å². The highest BCUT2D eigenvalue weighted by molar-refractivity contribution is 7.80. The van der Waals surface area contributed by atoms with E-state index in [2.05, 4.69) is 28.6 Å². The van der Waals surface area contributed by atoms with Crippen LogP contribution in [-0.2, 0) is 19.2 Å². The Morgan fingerprint density at radius 3 is 1.52 bits per heavy atom. The maximum Gasteiger partial charge on any atom is 0.326 e. The van der Waals surface area contributed by atoms with Gasteiger partial charge in [0.15, 0.2) is 0 Å². The summed E-state index contributed by atoms with van der Waals surface area (Å²) in [6.45, 7) is 11.4. The van der Waals surface area contributed by atoms with Crippen molar-refractivity contribution in [3.05, 3.63) is 0 Å². The molecule has 6 N–H and O–H groups in total. The molecular formula is C21H40N4O5S. The van der Waals surface area contributed by atoms with Crippen molar-refractivity contribution in [2.45, 2.75) is 85.0 Å². The zero-order valence-electron chi connectivity index (χ0n) is 19.5. The number of amides is 3. The number of carboxylic acid groups (broad SMARTS) is 1. The fourth-order valence-electron chi connectivity index (χ4n) is 3.03. The van der Waals surface area contributed by atoms with Crippen LogP contribution in [0.5, 0.6) is 0 Å². The van der Waals surface area contributed by atoms with Crippen LogP contribution < -0.4 is 21.7 Å². The summed E-state index contributed by atoms with van der Waals surface area (Å²) in [6, 6.07) is -3.71. The maximum absolute atomic E-state index is 12.8. The Hall–Kier alpha value is -1.81. The second-order valence-corrected chi connectivity index (χ2v) is 9.56. The van der Waals surface area contributed by atoms with E-state index < -0.39 is 47.9 Å². The van der Waals surface area contributed by atoms with Gasteiger partial charge >= 0.3 is 5.97 Å². The molecule has 4 atom stereocenters. The molecule has 4 unspecified atom stereocenters. The quantitative estimate of drug-likeness (QED) is 0.212. The number of nitrogens with two attached hydrogens (primary N) is 1. The van der Waals surface area contributed by atoms with E-state index in [1.165, 1.54) is 0 Å². The smallest absolute Gasteiger partial charge is 0.326 e. The van der Waals surface area contributed by atoms with Gasteiger partial charge in [0, 0.05) is 5.75 Å². The van der Waals surface area contributed by atoms with Crippen LogP contribution >= 0.6 is 12.6 Å². The van der Waals surface area contributed by atoms with Crippen molar-refractivity contribution in [2.75, 3.05) is 5.75 Å². The predicted octanol–water partition coefficient (Wildman–Crippen LogP) is 0.921. The van der Waals surface area contributed by atoms with Crippen LogP contribution in [-0.4, -0.2) is 58.7 Å². The first-order valence-corrected chi connectivity index (χ1v) is 11.4. The van der Waals surface area contributed by atoms with E-state index in [1.54, 1.807) is 0 Å². The van der Waals surface area contributed by atoms with Crippen molar-refractivity contribution in [2.24, 2.45) is 23.5 Å². The molecule has 0 bridgehead atoms. The zero-order chi connectivity index (χ0) is 24.3. The van der Waals surface area contributed by atoms with Gasteiger partial charge in [0.25, 0.3) is 0 Å². The maximum atomic E-state index is 12.8. The van der Waals surface area contributed by atoms with Crippen LogP contribution in [0.15, 0.2) is 0 Å². The molecule has 0 aromatic heterocycles. The zero-order valence-corrected chi connectivity index (χ0v) is 20.4. The molecule has 31 heavy (non-hydrogen) atoms. The lowest BCUT2D eigenvalue weighted by Crippen LogP contribution is -2.58. The largest absolute Gasteiger partial charge is 0.480 e. The van der Waals surface area contributed by atoms with Crippen LogP contribution in [0.1, 0.15) is 60.8 Å². The van der Waals surface area contributed by atoms with Gasteiger partial charge in [-0.2, -0.15) is 12.6 Å². The van der Waals surface area contributed by atoms with Gasteiger partial charge in [0.2, 0.25) is 17.7 Å². The summed E-state index contributed by atoms with van der Waals surface area (Å²) in [4.78, 5) is 49.2. The molecule has 0 heterocycles. The lowest BCUT2D eigenvalue weighted by molar-refractivity contribution is -0.142. The second kappa shape index (κ2) is 14.3. The van der Waals surface area contributed by atoms with Crippen molar-refractivity contribution in [1.82, 2.24) is 16.0 Å². The van der Waals surface area contributed by atoms with E-state index in [-0.39, 0.29) is 29.9 Å². The van der Waals surface area contributed by atoms with Gasteiger partial charge in [0.1, 0.15) is 18.1 Å². The average molecular weight is 461 g/mol. The number of hydrogen-bond acceptors (Lipinski definition) is 6. The highest BCUT2D eigenvalue weighted by Crippen LogP contribution is 2.09. The number of hydrogen-bond donors (Lipinski definition) is 6. The molecule has 0 aliphatic heterocycles. The molecule has 10 heteroatoms. The molecule has 0 fully saturated rings. The number of carboxylic acids is 1. The van der Waals surface area contributed by atoms with E-state index in [4.69, 9.17) is 5.73 Å². The van der Waals surface area contributed by atoms with Crippen LogP contribution in [0.4, 0.5) is 0 Å². The van der Waals surface area contributed by atoms with Gasteiger partial charge in [-0.05, 0) is 37.0 Å². The van der Waals surface area contributed by atoms with Crippen molar-refractivity contribution < 1.29 is 24.3 Å². The molecule has 0 saturated carbocycles. The van der Waals surface area contributed by atoms with Crippen LogP contribution in [0, 0.1) is 17.8 Å². The Labute approximate surface area is 191 Å². The van der Waals surface area contributed by atoms with Crippen molar-refractivity contribution in [3.63, 3.8) is 0 Å². The summed E-state index contributed by atoms with van der Waals surface area (Å²) < 4.78 is 0. The number of carbonyl (C=O) groups is 4. The minimum Gasteiger partial charge on any atom is -0.480 e. The molecule has 0 aromatic rings. The highest BCUT2D eigenvalue weighted by atomic mass is 32.1. The first kappa shape index (κ1) is 29.2. The van der Waals surface area contributed by atoms with Gasteiger partial charge < -0.3 is 26.8 Å². The number of nitrogens with one attached hydrogen (secondary N) is 3. The van der Waals surface area contributed by atoms with E-state index in [0.29, 0.717) is 12.8 Å². The Morgan fingerprint density at radius 2 is 1.10 bits per heavy atom. The van der Waals surface area contributed by atoms with Gasteiger partial charge in [-0.15, -0.1) is 0 Å². The van der Waals surface area contributed by atoms with Crippen LogP contribution in [0.3, 0.4) is 0 Å². The summed E-state index contributed by atoms with van der Waals surface area (Å²) in [7, 11) is 0. The van der Waals surface area contributed by atoms with Crippen LogP contribution in [0.25, 0.3) is 0 Å². The number of aliphatic carboxylic acids is 1. The fraction of sp³-hybridized carbons (Fsp3) is 0.810. The third-order valence-corrected chi connectivity index (χ3v) is 4.90. The van der Waals surface area contributed by atoms with Gasteiger partial charge in [-0.1, -0.05) is 41.5 Å². The average Bonchev–Trinajstić information content (AvgIpc) is 2.63. The summed E-state index contributed by atoms with van der Waals surface area (Å²) in [5.74, 6) is -2.38. The van der Waals surface area contributed by atoms with Gasteiger partial charge in [-0.3, -0.25) is 14.4 Å². The van der Waals surface area contributed by atoms with Crippen molar-refractivity contribution >= 4 is 36.3 Å². The summed E-state index contributed by atoms with van der Waals surface area (Å²) in [6.07, 6.45) is 1.10. The predicted molar refractivity (Wildman–Crippen MR) is 124 cm³/mol. The number of carbonyl (C=O) groups excluding carboxylic acids is 3. The standard InChI is InChI=1S/C21H40N4O5S/c1-11(2)7-14(22)18(26)23-15(8-12(3)4)19(27)25-17(10-31)20(28)24-16(21(29)30)9-13(5)6/h11-17,31H,7-10,22H2,1-6H3,(H,23,26)(H,24,28)(H,25,27)(H,29,30). The number of thiol groups is 1. The Bertz CT molecular complexity index is 613. The topological polar surface area (TPSA) is 151 Å². The molecule has 3 amide bonds. The third-order valence-electron chi connectivity index (χ3n) is 4.54. The molecule has 0 aliphatic rings. The Balaban J connectivity index is 5.23. The highest BCUT2D eigenvalue weighted by Gasteiger charge is 2.30. The molecule has 0 saturated heterocycles. The molecule has 0 spiro atoms. The van der Waals surface area contributed by atoms with Crippen molar-refractivity contribution in [1.29, 1.82) is 0 Å². The van der Waals surface area contributed by atoms with Crippen LogP contribution in [0.2, 0.25) is 0 Å². The number of rotatable bonds is 14. The first-order valence-electron chi connectivity index (χ1n) is 10.8. The normalized spacial score (nSPS) is 15.3. The Morgan fingerprint density at radius 1 is 0.710 bits per heavy atom. The monoisotopic (exact) mass is 460 g/mol. The summed E-state index contributed by atoms with van der Waals surface area (Å²) in [5.41, 5.74) is 5.92. The molecule has 0 aromatic carbocycles. The lowest BCUT2D eigenvalue weighted by atomic mass is 10.0. The fourth-order valence-corrected chi connectivity index (χ4v) is 3.29. The lowest BCUT2D eigenvalue weighted by Gasteiger charge is -2.26. The van der Waals surface area contributed by atoms with E-state index in [1.807, 2.05) is 41.5 Å². The SMILES string of the molecule is CC(C)CC(N)C(=O)NC(CC(C)C)C(=O)NC(CS)C(=O)NC(CC(C)C)C(=O)O. The minimum atomic E-state index is -1.14. The van der Waals surface area contributed by atoms with E-state index >= 15 is 0 Å². The molecule has 9 nitrogen and oxygen atoms in total. The third kappa shape index (κ3) is 12.0. The summed E-state index contributed by atoms with van der Waals surface area (Å²) >= 11 is 4.12. The van der Waals surface area contributed by atoms with Crippen molar-refractivity contribution in [3.8, 4) is 0 Å². The second-order valence-electron chi connectivity index (χ2n) is 9.20. The molecular weight excluding hydrogens is 420 g/mol. The van der Waals surface area contributed by atoms with Gasteiger partial charge in [0.05, 0.1) is 6.04 Å². The van der Waals surface area contributed by atoms with E-state index in [0.717, 1.165) is 0 Å². The molecule has 0 aliphatic carbocycles.